The highest BCUT2D eigenvalue weighted by molar-refractivity contribution is 7.09. The van der Waals surface area contributed by atoms with Crippen LogP contribution in [0.3, 0.4) is 0 Å². The first kappa shape index (κ1) is 11.8. The van der Waals surface area contributed by atoms with Crippen molar-refractivity contribution in [3.8, 4) is 0 Å². The molecule has 0 saturated heterocycles. The fourth-order valence-electron chi connectivity index (χ4n) is 1.56. The largest absolute Gasteiger partial charge is 0.355 e. The summed E-state index contributed by atoms with van der Waals surface area (Å²) in [6.07, 6.45) is 1.68. The molecule has 2 aromatic heterocycles. The number of hydrogen-bond donors (Lipinski definition) is 0. The van der Waals surface area contributed by atoms with E-state index < -0.39 is 0 Å². The molecule has 0 aliphatic rings. The van der Waals surface area contributed by atoms with Gasteiger partial charge in [-0.25, -0.2) is 4.98 Å². The Labute approximate surface area is 105 Å². The number of rotatable bonds is 4. The summed E-state index contributed by atoms with van der Waals surface area (Å²) in [5.74, 6) is 0.893. The molecule has 2 aromatic rings. The zero-order chi connectivity index (χ0) is 12.3. The number of nitrogens with zero attached hydrogens (tertiary/aromatic N) is 2. The van der Waals surface area contributed by atoms with Gasteiger partial charge in [-0.15, -0.1) is 11.3 Å². The third kappa shape index (κ3) is 2.91. The van der Waals surface area contributed by atoms with Gasteiger partial charge in [0, 0.05) is 23.7 Å². The van der Waals surface area contributed by atoms with Crippen LogP contribution in [0.25, 0.3) is 0 Å². The van der Waals surface area contributed by atoms with Crippen LogP contribution in [-0.2, 0) is 6.54 Å². The number of carbonyl (C=O) groups excluding carboxylic acids is 1. The van der Waals surface area contributed by atoms with E-state index in [1.54, 1.807) is 30.5 Å². The van der Waals surface area contributed by atoms with Crippen molar-refractivity contribution < 1.29 is 4.79 Å². The molecule has 0 bridgehead atoms. The molecule has 17 heavy (non-hydrogen) atoms. The molecule has 0 fully saturated rings. The zero-order valence-electron chi connectivity index (χ0n) is 9.88. The van der Waals surface area contributed by atoms with E-state index >= 15 is 0 Å². The Hall–Kier alpha value is -1.68. The van der Waals surface area contributed by atoms with Crippen molar-refractivity contribution in [2.75, 3.05) is 11.9 Å². The number of hydrogen-bond acceptors (Lipinski definition) is 4. The smallest absolute Gasteiger partial charge is 0.159 e. The molecule has 0 radical (unpaired) electrons. The van der Waals surface area contributed by atoms with Crippen LogP contribution in [0.5, 0.6) is 0 Å². The first-order valence-corrected chi connectivity index (χ1v) is 6.25. The second-order valence-electron chi connectivity index (χ2n) is 3.89. The summed E-state index contributed by atoms with van der Waals surface area (Å²) in [5.41, 5.74) is 0.702. The first-order chi connectivity index (χ1) is 8.16. The Balaban J connectivity index is 2.16. The molecular weight excluding hydrogens is 232 g/mol. The molecule has 0 aliphatic carbocycles. The number of thiophene rings is 1. The molecule has 0 saturated carbocycles. The molecule has 0 aromatic carbocycles. The van der Waals surface area contributed by atoms with Crippen molar-refractivity contribution in [3.63, 3.8) is 0 Å². The average molecular weight is 246 g/mol. The number of ketones is 1. The van der Waals surface area contributed by atoms with E-state index in [4.69, 9.17) is 0 Å². The minimum atomic E-state index is 0.0678. The predicted octanol–water partition coefficient (Wildman–Crippen LogP) is 2.98. The van der Waals surface area contributed by atoms with Gasteiger partial charge in [-0.05, 0) is 30.5 Å². The van der Waals surface area contributed by atoms with Gasteiger partial charge < -0.3 is 4.90 Å². The Morgan fingerprint density at radius 1 is 1.47 bits per heavy atom. The normalized spacial score (nSPS) is 10.2. The van der Waals surface area contributed by atoms with Crippen LogP contribution in [0.15, 0.2) is 35.8 Å². The van der Waals surface area contributed by atoms with E-state index in [1.807, 2.05) is 24.1 Å². The lowest BCUT2D eigenvalue weighted by Crippen LogP contribution is -2.17. The third-order valence-corrected chi connectivity index (χ3v) is 3.38. The summed E-state index contributed by atoms with van der Waals surface area (Å²) in [6, 6.07) is 7.70. The maximum atomic E-state index is 11.3. The molecule has 0 N–H and O–H groups in total. The maximum absolute atomic E-state index is 11.3. The number of aromatic nitrogens is 1. The highest BCUT2D eigenvalue weighted by atomic mass is 32.1. The van der Waals surface area contributed by atoms with Gasteiger partial charge in [-0.3, -0.25) is 4.79 Å². The van der Waals surface area contributed by atoms with E-state index in [1.165, 1.54) is 4.88 Å². The van der Waals surface area contributed by atoms with Crippen LogP contribution in [0.1, 0.15) is 22.2 Å². The van der Waals surface area contributed by atoms with Crippen LogP contribution in [0.4, 0.5) is 5.82 Å². The topological polar surface area (TPSA) is 33.2 Å². The Morgan fingerprint density at radius 2 is 2.29 bits per heavy atom. The summed E-state index contributed by atoms with van der Waals surface area (Å²) in [4.78, 5) is 18.9. The van der Waals surface area contributed by atoms with Gasteiger partial charge in [0.2, 0.25) is 0 Å². The quantitative estimate of drug-likeness (QED) is 0.778. The predicted molar refractivity (Wildman–Crippen MR) is 70.7 cm³/mol. The molecule has 0 amide bonds. The number of pyridine rings is 1. The summed E-state index contributed by atoms with van der Waals surface area (Å²) < 4.78 is 0. The molecule has 4 heteroatoms. The Morgan fingerprint density at radius 3 is 2.94 bits per heavy atom. The second-order valence-corrected chi connectivity index (χ2v) is 4.93. The third-order valence-electron chi connectivity index (χ3n) is 2.52. The Bertz CT molecular complexity index is 508. The van der Waals surface area contributed by atoms with Crippen molar-refractivity contribution in [3.05, 3.63) is 46.3 Å². The van der Waals surface area contributed by atoms with Gasteiger partial charge in [0.25, 0.3) is 0 Å². The minimum Gasteiger partial charge on any atom is -0.355 e. The highest BCUT2D eigenvalue weighted by Crippen LogP contribution is 2.17. The SMILES string of the molecule is CC(=O)c1ccnc(N(C)Cc2cccs2)c1. The highest BCUT2D eigenvalue weighted by Gasteiger charge is 2.06. The maximum Gasteiger partial charge on any atom is 0.159 e. The summed E-state index contributed by atoms with van der Waals surface area (Å²) in [6.45, 7) is 2.38. The van der Waals surface area contributed by atoms with E-state index in [2.05, 4.69) is 16.4 Å². The summed E-state index contributed by atoms with van der Waals surface area (Å²) >= 11 is 1.72. The minimum absolute atomic E-state index is 0.0678. The van der Waals surface area contributed by atoms with Crippen molar-refractivity contribution in [2.45, 2.75) is 13.5 Å². The second kappa shape index (κ2) is 5.10. The van der Waals surface area contributed by atoms with Crippen molar-refractivity contribution in [2.24, 2.45) is 0 Å². The fourth-order valence-corrected chi connectivity index (χ4v) is 2.32. The molecule has 3 nitrogen and oxygen atoms in total. The molecule has 0 aliphatic heterocycles. The summed E-state index contributed by atoms with van der Waals surface area (Å²) in [7, 11) is 1.98. The monoisotopic (exact) mass is 246 g/mol. The van der Waals surface area contributed by atoms with Crippen molar-refractivity contribution in [1.82, 2.24) is 4.98 Å². The van der Waals surface area contributed by atoms with Gasteiger partial charge >= 0.3 is 0 Å². The number of Topliss-reactive ketones (excluding diaryl/α,β-unsaturated/α-hetero) is 1. The molecular formula is C13H14N2OS. The molecule has 88 valence electrons. The Kier molecular flexibility index (Phi) is 3.54. The number of anilines is 1. The van der Waals surface area contributed by atoms with Gasteiger partial charge in [-0.1, -0.05) is 6.07 Å². The lowest BCUT2D eigenvalue weighted by Gasteiger charge is -2.17. The standard InChI is InChI=1S/C13H14N2OS/c1-10(16)11-5-6-14-13(8-11)15(2)9-12-4-3-7-17-12/h3-8H,9H2,1-2H3. The number of carbonyl (C=O) groups is 1. The van der Waals surface area contributed by atoms with Crippen molar-refractivity contribution >= 4 is 22.9 Å². The van der Waals surface area contributed by atoms with Crippen LogP contribution in [0, 0.1) is 0 Å². The molecule has 2 rings (SSSR count). The molecule has 0 unspecified atom stereocenters. The van der Waals surface area contributed by atoms with Crippen LogP contribution in [-0.4, -0.2) is 17.8 Å². The summed E-state index contributed by atoms with van der Waals surface area (Å²) in [5, 5.41) is 2.06. The average Bonchev–Trinajstić information content (AvgIpc) is 2.82. The van der Waals surface area contributed by atoms with Crippen LogP contribution in [0.2, 0.25) is 0 Å². The lowest BCUT2D eigenvalue weighted by atomic mass is 10.2. The van der Waals surface area contributed by atoms with E-state index in [-0.39, 0.29) is 5.78 Å². The van der Waals surface area contributed by atoms with Gasteiger partial charge in [0.05, 0.1) is 6.54 Å². The first-order valence-electron chi connectivity index (χ1n) is 5.37. The molecule has 0 spiro atoms. The fraction of sp³-hybridized carbons (Fsp3) is 0.231. The lowest BCUT2D eigenvalue weighted by molar-refractivity contribution is 0.101. The van der Waals surface area contributed by atoms with E-state index in [0.717, 1.165) is 12.4 Å². The van der Waals surface area contributed by atoms with Gasteiger partial charge in [0.1, 0.15) is 5.82 Å². The molecule has 2 heterocycles. The van der Waals surface area contributed by atoms with Crippen LogP contribution < -0.4 is 4.90 Å². The van der Waals surface area contributed by atoms with Gasteiger partial charge in [-0.2, -0.15) is 0 Å². The van der Waals surface area contributed by atoms with Crippen molar-refractivity contribution in [1.29, 1.82) is 0 Å². The van der Waals surface area contributed by atoms with E-state index in [9.17, 15) is 4.79 Å². The van der Waals surface area contributed by atoms with Crippen LogP contribution >= 0.6 is 11.3 Å². The van der Waals surface area contributed by atoms with E-state index in [0.29, 0.717) is 5.56 Å². The molecule has 0 atom stereocenters. The zero-order valence-corrected chi connectivity index (χ0v) is 10.7. The van der Waals surface area contributed by atoms with Gasteiger partial charge in [0.15, 0.2) is 5.78 Å².